The van der Waals surface area contributed by atoms with Gasteiger partial charge < -0.3 is 16.2 Å². The second-order valence-corrected chi connectivity index (χ2v) is 15.3. The summed E-state index contributed by atoms with van der Waals surface area (Å²) in [7, 11) is -3.80. The van der Waals surface area contributed by atoms with E-state index in [0.29, 0.717) is 45.1 Å². The van der Waals surface area contributed by atoms with Gasteiger partial charge in [-0.1, -0.05) is 77.1 Å². The number of amides is 2. The second kappa shape index (κ2) is 20.3. The Labute approximate surface area is 291 Å². The average molecular weight is 714 g/mol. The van der Waals surface area contributed by atoms with E-state index in [0.717, 1.165) is 59.9 Å². The Kier molecular flexibility index (Phi) is 17.6. The first-order chi connectivity index (χ1) is 22.4. The van der Waals surface area contributed by atoms with Gasteiger partial charge in [0.2, 0.25) is 11.8 Å². The highest BCUT2D eigenvalue weighted by Crippen LogP contribution is 2.28. The molecule has 1 unspecified atom stereocenters. The van der Waals surface area contributed by atoms with Crippen LogP contribution in [-0.4, -0.2) is 66.0 Å². The molecule has 3 rings (SSSR count). The highest BCUT2D eigenvalue weighted by Gasteiger charge is 2.41. The zero-order chi connectivity index (χ0) is 34.6. The van der Waals surface area contributed by atoms with Crippen LogP contribution in [0.1, 0.15) is 95.2 Å². The summed E-state index contributed by atoms with van der Waals surface area (Å²) in [5, 5.41) is 14.2. The third-order valence-corrected chi connectivity index (χ3v) is 11.4. The number of hydrogen-bond acceptors (Lipinski definition) is 7. The molecule has 0 saturated heterocycles. The number of imide groups is 1. The van der Waals surface area contributed by atoms with Crippen LogP contribution in [0, 0.1) is 17.6 Å². The van der Waals surface area contributed by atoms with E-state index in [1.54, 1.807) is 0 Å². The number of nitrogens with zero attached hydrogens (tertiary/aromatic N) is 1. The molecule has 0 radical (unpaired) electrons. The molecule has 4 N–H and O–H groups in total. The molecule has 0 aliphatic heterocycles. The molecule has 2 amide bonds. The monoisotopic (exact) mass is 713 g/mol. The highest BCUT2D eigenvalue weighted by atomic mass is 35.5. The maximum atomic E-state index is 14.3. The molecule has 270 valence electrons. The van der Waals surface area contributed by atoms with Crippen LogP contribution in [0.25, 0.3) is 0 Å². The van der Waals surface area contributed by atoms with Crippen molar-refractivity contribution in [1.29, 1.82) is 0 Å². The second-order valence-electron chi connectivity index (χ2n) is 12.9. The quantitative estimate of drug-likeness (QED) is 0.182. The van der Waals surface area contributed by atoms with Crippen LogP contribution in [0.15, 0.2) is 42.5 Å². The van der Waals surface area contributed by atoms with Crippen molar-refractivity contribution in [2.24, 2.45) is 11.7 Å². The van der Waals surface area contributed by atoms with E-state index in [1.807, 2.05) is 38.1 Å². The van der Waals surface area contributed by atoms with Crippen LogP contribution in [0.4, 0.5) is 8.78 Å². The third kappa shape index (κ3) is 12.2. The molecule has 0 spiro atoms. The van der Waals surface area contributed by atoms with Crippen LogP contribution in [-0.2, 0) is 38.8 Å². The van der Waals surface area contributed by atoms with Crippen molar-refractivity contribution in [2.75, 3.05) is 12.3 Å². The van der Waals surface area contributed by atoms with Gasteiger partial charge in [0.1, 0.15) is 11.6 Å². The van der Waals surface area contributed by atoms with Crippen LogP contribution in [0.2, 0.25) is 0 Å². The van der Waals surface area contributed by atoms with Crippen molar-refractivity contribution >= 4 is 34.1 Å². The van der Waals surface area contributed by atoms with Crippen molar-refractivity contribution in [1.82, 2.24) is 10.2 Å². The molecule has 2 aromatic rings. The predicted molar refractivity (Wildman–Crippen MR) is 188 cm³/mol. The number of halogens is 3. The van der Waals surface area contributed by atoms with Crippen LogP contribution in [0.3, 0.4) is 0 Å². The summed E-state index contributed by atoms with van der Waals surface area (Å²) in [6, 6.07) is 8.05. The Hall–Kier alpha value is -2.44. The minimum atomic E-state index is -3.80. The van der Waals surface area contributed by atoms with Gasteiger partial charge in [0, 0.05) is 25.1 Å². The van der Waals surface area contributed by atoms with E-state index in [9.17, 15) is 31.9 Å². The molecule has 0 aromatic heterocycles. The molecule has 8 nitrogen and oxygen atoms in total. The summed E-state index contributed by atoms with van der Waals surface area (Å²) < 4.78 is 55.5. The van der Waals surface area contributed by atoms with Crippen molar-refractivity contribution in [3.05, 3.63) is 70.8 Å². The number of aliphatic hydroxyl groups is 1. The minimum absolute atomic E-state index is 0. The fourth-order valence-corrected chi connectivity index (χ4v) is 8.70. The average Bonchev–Trinajstić information content (AvgIpc) is 3.04. The molecule has 3 atom stereocenters. The number of carbonyl (C=O) groups excluding carboxylic acids is 2. The van der Waals surface area contributed by atoms with Crippen LogP contribution in [0.5, 0.6) is 0 Å². The smallest absolute Gasteiger partial charge is 0.247 e. The number of sulfone groups is 1. The number of aryl methyl sites for hydroxylation is 1. The fraction of sp³-hybridized carbons (Fsp3) is 0.611. The third-order valence-electron chi connectivity index (χ3n) is 9.11. The van der Waals surface area contributed by atoms with Gasteiger partial charge >= 0.3 is 0 Å². The van der Waals surface area contributed by atoms with E-state index >= 15 is 0 Å². The number of carbonyl (C=O) groups is 2. The molecule has 48 heavy (non-hydrogen) atoms. The maximum Gasteiger partial charge on any atom is 0.247 e. The SMILES string of the molecule is CCCC(CCC)S(=O)(=O)CC(N)C(=O)N(C(=O)C1CCCCC1)[C@@H](Cc1cc(F)cc(F)c1)[C@H](O)CNCc1cccc(CC)c1.Cl. The molecule has 1 aliphatic rings. The zero-order valence-corrected chi connectivity index (χ0v) is 30.1. The standard InChI is InChI=1S/C36H53F2N3O5S.ClH/c1-4-11-31(12-5-2)47(45,46)24-32(39)36(44)41(35(43)28-15-8-7-9-16-28)33(20-27-18-29(37)21-30(38)19-27)34(42)23-40-22-26-14-10-13-25(6-3)17-26;/h10,13-14,17-19,21,28,31-34,40,42H,4-9,11-12,15-16,20,22-24,39H2,1-3H3;1H/t32?,33-,34+;/m0./s1. The van der Waals surface area contributed by atoms with Gasteiger partial charge in [-0.05, 0) is 67.3 Å². The lowest BCUT2D eigenvalue weighted by Crippen LogP contribution is -2.60. The number of aliphatic hydroxyl groups excluding tert-OH is 1. The lowest BCUT2D eigenvalue weighted by Gasteiger charge is -2.38. The Bertz CT molecular complexity index is 1400. The summed E-state index contributed by atoms with van der Waals surface area (Å²) in [6.45, 7) is 6.18. The molecule has 1 saturated carbocycles. The van der Waals surface area contributed by atoms with Gasteiger partial charge in [-0.3, -0.25) is 14.5 Å². The largest absolute Gasteiger partial charge is 0.390 e. The summed E-state index contributed by atoms with van der Waals surface area (Å²) in [4.78, 5) is 29.3. The first-order valence-electron chi connectivity index (χ1n) is 17.2. The molecule has 2 aromatic carbocycles. The lowest BCUT2D eigenvalue weighted by molar-refractivity contribution is -0.154. The van der Waals surface area contributed by atoms with Crippen LogP contribution < -0.4 is 11.1 Å². The van der Waals surface area contributed by atoms with E-state index in [2.05, 4.69) is 12.2 Å². The molecular formula is C36H54ClF2N3O5S. The van der Waals surface area contributed by atoms with Gasteiger partial charge in [0.05, 0.1) is 29.2 Å². The minimum Gasteiger partial charge on any atom is -0.390 e. The summed E-state index contributed by atoms with van der Waals surface area (Å²) >= 11 is 0. The number of nitrogens with one attached hydrogen (secondary N) is 1. The molecule has 1 fully saturated rings. The maximum absolute atomic E-state index is 14.3. The van der Waals surface area contributed by atoms with E-state index in [-0.39, 0.29) is 30.9 Å². The van der Waals surface area contributed by atoms with Crippen LogP contribution >= 0.6 is 12.4 Å². The summed E-state index contributed by atoms with van der Waals surface area (Å²) in [5.74, 6) is -4.29. The highest BCUT2D eigenvalue weighted by molar-refractivity contribution is 7.92. The normalized spacial score (nSPS) is 15.8. The Balaban J connectivity index is 0.00000800. The van der Waals surface area contributed by atoms with Crippen molar-refractivity contribution < 1.29 is 31.9 Å². The Morgan fingerprint density at radius 1 is 0.958 bits per heavy atom. The topological polar surface area (TPSA) is 130 Å². The van der Waals surface area contributed by atoms with Gasteiger partial charge in [-0.25, -0.2) is 17.2 Å². The lowest BCUT2D eigenvalue weighted by atomic mass is 9.87. The number of rotatable bonds is 18. The Morgan fingerprint density at radius 2 is 1.56 bits per heavy atom. The number of hydrogen-bond donors (Lipinski definition) is 3. The number of nitrogens with two attached hydrogens (primary N) is 1. The van der Waals surface area contributed by atoms with Crippen molar-refractivity contribution in [3.8, 4) is 0 Å². The summed E-state index contributed by atoms with van der Waals surface area (Å²) in [5.41, 5.74) is 8.61. The first kappa shape index (κ1) is 41.7. The molecular weight excluding hydrogens is 660 g/mol. The Morgan fingerprint density at radius 3 is 2.15 bits per heavy atom. The van der Waals surface area contributed by atoms with E-state index in [4.69, 9.17) is 5.73 Å². The molecule has 0 bridgehead atoms. The number of benzene rings is 2. The molecule has 0 heterocycles. The van der Waals surface area contributed by atoms with Crippen molar-refractivity contribution in [3.63, 3.8) is 0 Å². The van der Waals surface area contributed by atoms with E-state index in [1.165, 1.54) is 0 Å². The summed E-state index contributed by atoms with van der Waals surface area (Å²) in [6.07, 6.45) is 5.00. The zero-order valence-electron chi connectivity index (χ0n) is 28.5. The van der Waals surface area contributed by atoms with Gasteiger partial charge in [-0.15, -0.1) is 12.4 Å². The van der Waals surface area contributed by atoms with E-state index < -0.39 is 68.4 Å². The predicted octanol–water partition coefficient (Wildman–Crippen LogP) is 5.66. The fourth-order valence-electron chi connectivity index (χ4n) is 6.60. The van der Waals surface area contributed by atoms with Gasteiger partial charge in [0.25, 0.3) is 0 Å². The van der Waals surface area contributed by atoms with Gasteiger partial charge in [0.15, 0.2) is 9.84 Å². The molecule has 1 aliphatic carbocycles. The van der Waals surface area contributed by atoms with Crippen molar-refractivity contribution in [2.45, 2.75) is 121 Å². The molecule has 12 heteroatoms. The first-order valence-corrected chi connectivity index (χ1v) is 18.9. The van der Waals surface area contributed by atoms with Gasteiger partial charge in [-0.2, -0.15) is 0 Å².